The monoisotopic (exact) mass is 382 g/mol. The molecule has 0 aliphatic carbocycles. The van der Waals surface area contributed by atoms with Gasteiger partial charge in [0.05, 0.1) is 0 Å². The van der Waals surface area contributed by atoms with Crippen LogP contribution in [0, 0.1) is 5.92 Å². The molecule has 114 valence electrons. The third-order valence-corrected chi connectivity index (χ3v) is 3.45. The average Bonchev–Trinajstić information content (AvgIpc) is 2.38. The van der Waals surface area contributed by atoms with Crippen LogP contribution in [-0.4, -0.2) is 50.6 Å². The summed E-state index contributed by atoms with van der Waals surface area (Å²) in [6.07, 6.45) is 5.10. The summed E-state index contributed by atoms with van der Waals surface area (Å²) < 4.78 is 0. The first-order chi connectivity index (χ1) is 8.76. The summed E-state index contributed by atoms with van der Waals surface area (Å²) in [5.41, 5.74) is 0. The van der Waals surface area contributed by atoms with Crippen LogP contribution < -0.4 is 10.6 Å². The van der Waals surface area contributed by atoms with Crippen molar-refractivity contribution in [2.45, 2.75) is 39.5 Å². The summed E-state index contributed by atoms with van der Waals surface area (Å²) in [7, 11) is 1.83. The van der Waals surface area contributed by atoms with Crippen molar-refractivity contribution >= 4 is 29.9 Å². The third kappa shape index (κ3) is 8.68. The van der Waals surface area contributed by atoms with Crippen LogP contribution in [0.4, 0.5) is 0 Å². The molecule has 0 aromatic heterocycles. The van der Waals surface area contributed by atoms with Crippen molar-refractivity contribution in [2.75, 3.05) is 39.8 Å². The summed E-state index contributed by atoms with van der Waals surface area (Å²) >= 11 is 0. The number of piperidine rings is 1. The summed E-state index contributed by atoms with van der Waals surface area (Å²) in [6.45, 7) is 10.3. The second-order valence-electron chi connectivity index (χ2n) is 5.33. The topological polar surface area (TPSA) is 39.7 Å². The number of aliphatic imine (C=N–C) groups is 1. The fraction of sp³-hybridized carbons (Fsp3) is 0.929. The third-order valence-electron chi connectivity index (χ3n) is 3.45. The molecule has 1 unspecified atom stereocenters. The van der Waals surface area contributed by atoms with Gasteiger partial charge >= 0.3 is 0 Å². The fourth-order valence-corrected chi connectivity index (χ4v) is 2.46. The molecule has 1 atom stereocenters. The van der Waals surface area contributed by atoms with Crippen molar-refractivity contribution in [1.29, 1.82) is 0 Å². The van der Waals surface area contributed by atoms with Crippen molar-refractivity contribution < 1.29 is 0 Å². The largest absolute Gasteiger partial charge is 0.356 e. The minimum atomic E-state index is 0. The van der Waals surface area contributed by atoms with Gasteiger partial charge in [-0.05, 0) is 44.7 Å². The Hall–Kier alpha value is -0.0400. The van der Waals surface area contributed by atoms with Crippen LogP contribution in [-0.2, 0) is 0 Å². The SMILES string of the molecule is CCCNC(=NC)NCCCN1CCCC(C)C1.I. The average molecular weight is 382 g/mol. The highest BCUT2D eigenvalue weighted by molar-refractivity contribution is 14.0. The van der Waals surface area contributed by atoms with Crippen molar-refractivity contribution in [1.82, 2.24) is 15.5 Å². The molecule has 2 N–H and O–H groups in total. The van der Waals surface area contributed by atoms with Gasteiger partial charge in [-0.25, -0.2) is 0 Å². The Morgan fingerprint density at radius 1 is 1.32 bits per heavy atom. The Bertz CT molecular complexity index is 246. The molecule has 0 amide bonds. The Morgan fingerprint density at radius 2 is 2.05 bits per heavy atom. The Labute approximate surface area is 135 Å². The van der Waals surface area contributed by atoms with Gasteiger partial charge in [0.25, 0.3) is 0 Å². The molecule has 1 aliphatic heterocycles. The highest BCUT2D eigenvalue weighted by atomic mass is 127. The van der Waals surface area contributed by atoms with E-state index >= 15 is 0 Å². The van der Waals surface area contributed by atoms with E-state index in [2.05, 4.69) is 34.4 Å². The molecule has 5 heteroatoms. The van der Waals surface area contributed by atoms with Crippen LogP contribution >= 0.6 is 24.0 Å². The predicted octanol–water partition coefficient (Wildman–Crippen LogP) is 2.30. The van der Waals surface area contributed by atoms with Crippen LogP contribution in [0.1, 0.15) is 39.5 Å². The van der Waals surface area contributed by atoms with Gasteiger partial charge in [0.1, 0.15) is 0 Å². The molecule has 0 saturated carbocycles. The number of rotatable bonds is 6. The number of hydrogen-bond donors (Lipinski definition) is 2. The van der Waals surface area contributed by atoms with Gasteiger partial charge in [-0.1, -0.05) is 13.8 Å². The summed E-state index contributed by atoms with van der Waals surface area (Å²) in [4.78, 5) is 6.80. The maximum Gasteiger partial charge on any atom is 0.190 e. The van der Waals surface area contributed by atoms with E-state index in [4.69, 9.17) is 0 Å². The van der Waals surface area contributed by atoms with Crippen molar-refractivity contribution in [3.05, 3.63) is 0 Å². The zero-order valence-corrected chi connectivity index (χ0v) is 15.1. The molecular weight excluding hydrogens is 351 g/mol. The highest BCUT2D eigenvalue weighted by Gasteiger charge is 2.15. The second kappa shape index (κ2) is 11.8. The molecule has 19 heavy (non-hydrogen) atoms. The first-order valence-electron chi connectivity index (χ1n) is 7.43. The van der Waals surface area contributed by atoms with E-state index in [0.717, 1.165) is 31.4 Å². The van der Waals surface area contributed by atoms with E-state index in [9.17, 15) is 0 Å². The zero-order valence-electron chi connectivity index (χ0n) is 12.7. The fourth-order valence-electron chi connectivity index (χ4n) is 2.46. The quantitative estimate of drug-likeness (QED) is 0.321. The highest BCUT2D eigenvalue weighted by Crippen LogP contribution is 2.15. The summed E-state index contributed by atoms with van der Waals surface area (Å²) in [5, 5.41) is 6.66. The van der Waals surface area contributed by atoms with Gasteiger partial charge in [-0.2, -0.15) is 0 Å². The standard InChI is InChI=1S/C14H30N4.HI/c1-4-8-16-14(15-3)17-9-6-11-18-10-5-7-13(2)12-18;/h13H,4-12H2,1-3H3,(H2,15,16,17);1H. The molecule has 1 fully saturated rings. The molecule has 1 rings (SSSR count). The zero-order chi connectivity index (χ0) is 13.2. The minimum absolute atomic E-state index is 0. The van der Waals surface area contributed by atoms with Crippen molar-refractivity contribution in [3.63, 3.8) is 0 Å². The Balaban J connectivity index is 0.00000324. The van der Waals surface area contributed by atoms with E-state index in [1.165, 1.54) is 38.9 Å². The number of halogens is 1. The smallest absolute Gasteiger partial charge is 0.190 e. The van der Waals surface area contributed by atoms with E-state index in [1.54, 1.807) is 0 Å². The van der Waals surface area contributed by atoms with Crippen LogP contribution in [0.15, 0.2) is 4.99 Å². The van der Waals surface area contributed by atoms with E-state index in [0.29, 0.717) is 0 Å². The number of hydrogen-bond acceptors (Lipinski definition) is 2. The molecule has 1 saturated heterocycles. The predicted molar refractivity (Wildman–Crippen MR) is 94.5 cm³/mol. The number of nitrogens with one attached hydrogen (secondary N) is 2. The van der Waals surface area contributed by atoms with Crippen LogP contribution in [0.2, 0.25) is 0 Å². The maximum atomic E-state index is 4.20. The van der Waals surface area contributed by atoms with E-state index in [-0.39, 0.29) is 24.0 Å². The van der Waals surface area contributed by atoms with E-state index < -0.39 is 0 Å². The lowest BCUT2D eigenvalue weighted by atomic mass is 10.0. The number of likely N-dealkylation sites (tertiary alicyclic amines) is 1. The van der Waals surface area contributed by atoms with Crippen LogP contribution in [0.25, 0.3) is 0 Å². The molecule has 0 radical (unpaired) electrons. The molecule has 0 bridgehead atoms. The molecular formula is C14H31IN4. The molecule has 0 aromatic carbocycles. The van der Waals surface area contributed by atoms with Gasteiger partial charge in [-0.3, -0.25) is 4.99 Å². The van der Waals surface area contributed by atoms with Crippen LogP contribution in [0.5, 0.6) is 0 Å². The summed E-state index contributed by atoms with van der Waals surface area (Å²) in [5.74, 6) is 1.81. The van der Waals surface area contributed by atoms with Gasteiger partial charge in [0, 0.05) is 26.7 Å². The lowest BCUT2D eigenvalue weighted by molar-refractivity contribution is 0.182. The van der Waals surface area contributed by atoms with Crippen molar-refractivity contribution in [3.8, 4) is 0 Å². The first-order valence-corrected chi connectivity index (χ1v) is 7.43. The Kier molecular flexibility index (Phi) is 11.7. The molecule has 0 aromatic rings. The normalized spacial score (nSPS) is 20.8. The van der Waals surface area contributed by atoms with Crippen molar-refractivity contribution in [2.24, 2.45) is 10.9 Å². The molecule has 4 nitrogen and oxygen atoms in total. The van der Waals surface area contributed by atoms with Gasteiger partial charge in [0.15, 0.2) is 5.96 Å². The first kappa shape index (κ1) is 19.0. The maximum absolute atomic E-state index is 4.20. The molecule has 0 spiro atoms. The van der Waals surface area contributed by atoms with E-state index in [1.807, 2.05) is 7.05 Å². The number of guanidine groups is 1. The molecule has 1 aliphatic rings. The van der Waals surface area contributed by atoms with Gasteiger partial charge < -0.3 is 15.5 Å². The molecule has 1 heterocycles. The van der Waals surface area contributed by atoms with Gasteiger partial charge in [-0.15, -0.1) is 24.0 Å². The minimum Gasteiger partial charge on any atom is -0.356 e. The number of nitrogens with zero attached hydrogens (tertiary/aromatic N) is 2. The summed E-state index contributed by atoms with van der Waals surface area (Å²) in [6, 6.07) is 0. The Morgan fingerprint density at radius 3 is 2.68 bits per heavy atom. The second-order valence-corrected chi connectivity index (χ2v) is 5.33. The lowest BCUT2D eigenvalue weighted by Gasteiger charge is -2.30. The van der Waals surface area contributed by atoms with Gasteiger partial charge in [0.2, 0.25) is 0 Å². The lowest BCUT2D eigenvalue weighted by Crippen LogP contribution is -2.40. The van der Waals surface area contributed by atoms with Crippen LogP contribution in [0.3, 0.4) is 0 Å².